The van der Waals surface area contributed by atoms with Crippen LogP contribution in [0.1, 0.15) is 77.0 Å². The number of rotatable bonds is 25. The molecule has 12 N–H and O–H groups in total. The molecule has 0 spiro atoms. The first-order valence-corrected chi connectivity index (χ1v) is 17.5. The van der Waals surface area contributed by atoms with Crippen LogP contribution in [0.2, 0.25) is 0 Å². The fourth-order valence-corrected chi connectivity index (χ4v) is 5.87. The lowest BCUT2D eigenvalue weighted by Gasteiger charge is -2.28. The summed E-state index contributed by atoms with van der Waals surface area (Å²) in [7, 11) is 0. The minimum absolute atomic E-state index is 0.0159. The third-order valence-electron chi connectivity index (χ3n) is 8.99. The molecule has 0 fully saturated rings. The van der Waals surface area contributed by atoms with Crippen LogP contribution in [0, 0.1) is 23.7 Å². The molecule has 0 aliphatic carbocycles. The predicted octanol–water partition coefficient (Wildman–Crippen LogP) is 0.0766. The van der Waals surface area contributed by atoms with Crippen LogP contribution >= 0.6 is 0 Å². The van der Waals surface area contributed by atoms with Gasteiger partial charge in [-0.1, -0.05) is 32.4 Å². The Morgan fingerprint density at radius 3 is 2.04 bits per heavy atom. The van der Waals surface area contributed by atoms with Gasteiger partial charge in [0.15, 0.2) is 17.5 Å². The van der Waals surface area contributed by atoms with E-state index in [4.69, 9.17) is 22.9 Å². The van der Waals surface area contributed by atoms with Crippen molar-refractivity contribution in [3.63, 3.8) is 0 Å². The Morgan fingerprint density at radius 1 is 0.849 bits per heavy atom. The fraction of sp³-hybridized carbons (Fsp3) is 0.528. The average molecular weight is 740 g/mol. The number of carbonyl (C=O) groups is 7. The van der Waals surface area contributed by atoms with Gasteiger partial charge in [0.2, 0.25) is 23.6 Å². The number of aromatic amines is 1. The third kappa shape index (κ3) is 15.7. The van der Waals surface area contributed by atoms with Gasteiger partial charge < -0.3 is 48.5 Å². The number of imidazole rings is 1. The number of phenols is 1. The van der Waals surface area contributed by atoms with E-state index in [-0.39, 0.29) is 62.1 Å². The molecule has 0 aliphatic heterocycles. The number of primary amides is 2. The SMILES string of the molecule is CC[C@H](C)[C@H](NC(=O)[C@@H](CC(=O)[C@H](CC(N)=O)NC(=O)[C@H](CCCN=C(N)N)CC(C)=O)Cc1ccc(O)cc1)C(=O)C[C@@H](Cc1cnc[nH]1)C(N)=O. The second-order valence-electron chi connectivity index (χ2n) is 13.4. The summed E-state index contributed by atoms with van der Waals surface area (Å²) in [6, 6.07) is 3.51. The van der Waals surface area contributed by atoms with Gasteiger partial charge in [-0.25, -0.2) is 4.98 Å². The third-order valence-corrected chi connectivity index (χ3v) is 8.99. The number of H-pyrrole nitrogens is 1. The standard InChI is InChI=1S/C36H53N9O8/c1-4-20(2)32(30(49)15-24(33(38)51)14-26-18-41-19-43-26)45-35(53)25(13-22-7-9-27(47)10-8-22)16-29(48)28(17-31(37)50)44-34(52)23(12-21(3)46)6-5-11-42-36(39)40/h7-10,18-20,23-25,28,32,47H,4-6,11-17H2,1-3H3,(H2,37,50)(H2,38,51)(H,41,43)(H,44,52)(H,45,53)(H4,39,40,42)/t20-,23+,24+,25+,28-,32-/m0/s1. The summed E-state index contributed by atoms with van der Waals surface area (Å²) in [6.45, 7) is 5.13. The number of nitrogens with zero attached hydrogens (tertiary/aromatic N) is 2. The monoisotopic (exact) mass is 739 g/mol. The molecule has 17 heteroatoms. The average Bonchev–Trinajstić information content (AvgIpc) is 3.60. The fourth-order valence-electron chi connectivity index (χ4n) is 5.87. The predicted molar refractivity (Wildman–Crippen MR) is 195 cm³/mol. The number of amides is 4. The molecule has 2 rings (SSSR count). The molecule has 1 aromatic carbocycles. The number of nitrogens with two attached hydrogens (primary N) is 4. The number of hydrogen-bond acceptors (Lipinski definition) is 10. The van der Waals surface area contributed by atoms with Crippen molar-refractivity contribution in [2.24, 2.45) is 51.6 Å². The summed E-state index contributed by atoms with van der Waals surface area (Å²) in [5.41, 5.74) is 23.0. The molecule has 2 aromatic rings. The lowest BCUT2D eigenvalue weighted by molar-refractivity contribution is -0.136. The van der Waals surface area contributed by atoms with Crippen molar-refractivity contribution >= 4 is 46.9 Å². The summed E-state index contributed by atoms with van der Waals surface area (Å²) in [5.74, 6) is -7.65. The summed E-state index contributed by atoms with van der Waals surface area (Å²) in [4.78, 5) is 102. The molecule has 0 saturated heterocycles. The van der Waals surface area contributed by atoms with Gasteiger partial charge in [-0.15, -0.1) is 0 Å². The highest BCUT2D eigenvalue weighted by atomic mass is 16.3. The first kappa shape index (κ1) is 43.6. The Labute approximate surface area is 308 Å². The molecule has 0 bridgehead atoms. The zero-order valence-electron chi connectivity index (χ0n) is 30.5. The minimum atomic E-state index is -1.42. The number of nitrogens with one attached hydrogen (secondary N) is 3. The van der Waals surface area contributed by atoms with E-state index in [0.29, 0.717) is 24.1 Å². The van der Waals surface area contributed by atoms with Gasteiger partial charge in [-0.3, -0.25) is 33.8 Å². The van der Waals surface area contributed by atoms with Crippen LogP contribution in [-0.2, 0) is 46.4 Å². The highest BCUT2D eigenvalue weighted by Gasteiger charge is 2.35. The molecular weight excluding hydrogens is 686 g/mol. The smallest absolute Gasteiger partial charge is 0.224 e. The summed E-state index contributed by atoms with van der Waals surface area (Å²) < 4.78 is 0. The van der Waals surface area contributed by atoms with Crippen LogP contribution in [0.3, 0.4) is 0 Å². The number of phenolic OH excluding ortho intramolecular Hbond substituents is 1. The number of guanidine groups is 1. The number of aromatic nitrogens is 2. The van der Waals surface area contributed by atoms with E-state index < -0.39 is 77.9 Å². The van der Waals surface area contributed by atoms with Gasteiger partial charge in [0, 0.05) is 56.0 Å². The molecule has 6 atom stereocenters. The van der Waals surface area contributed by atoms with E-state index in [1.54, 1.807) is 19.1 Å². The van der Waals surface area contributed by atoms with Gasteiger partial charge >= 0.3 is 0 Å². The normalized spacial score (nSPS) is 14.4. The van der Waals surface area contributed by atoms with E-state index in [0.717, 1.165) is 0 Å². The van der Waals surface area contributed by atoms with E-state index in [9.17, 15) is 38.7 Å². The Kier molecular flexibility index (Phi) is 17.8. The summed E-state index contributed by atoms with van der Waals surface area (Å²) in [5, 5.41) is 15.2. The van der Waals surface area contributed by atoms with Crippen molar-refractivity contribution in [1.82, 2.24) is 20.6 Å². The zero-order valence-corrected chi connectivity index (χ0v) is 30.5. The molecule has 0 unspecified atom stereocenters. The van der Waals surface area contributed by atoms with Crippen LogP contribution in [-0.4, -0.2) is 80.6 Å². The number of benzene rings is 1. The van der Waals surface area contributed by atoms with Crippen LogP contribution in [0.25, 0.3) is 0 Å². The van der Waals surface area contributed by atoms with Crippen molar-refractivity contribution in [2.75, 3.05) is 6.54 Å². The van der Waals surface area contributed by atoms with Gasteiger partial charge in [-0.2, -0.15) is 0 Å². The van der Waals surface area contributed by atoms with Crippen molar-refractivity contribution in [3.8, 4) is 5.75 Å². The molecule has 53 heavy (non-hydrogen) atoms. The molecule has 1 heterocycles. The first-order valence-electron chi connectivity index (χ1n) is 17.5. The van der Waals surface area contributed by atoms with E-state index in [1.807, 2.05) is 6.92 Å². The number of ketones is 3. The largest absolute Gasteiger partial charge is 0.508 e. The molecule has 17 nitrogen and oxygen atoms in total. The Bertz CT molecular complexity index is 1590. The number of aliphatic imine (C=N–C) groups is 1. The Morgan fingerprint density at radius 2 is 1.49 bits per heavy atom. The highest BCUT2D eigenvalue weighted by molar-refractivity contribution is 5.97. The Balaban J connectivity index is 2.36. The molecule has 0 aliphatic rings. The van der Waals surface area contributed by atoms with Crippen LogP contribution in [0.15, 0.2) is 41.8 Å². The van der Waals surface area contributed by atoms with Crippen molar-refractivity contribution in [3.05, 3.63) is 48.0 Å². The quantitative estimate of drug-likeness (QED) is 0.0383. The topological polar surface area (TPSA) is 309 Å². The minimum Gasteiger partial charge on any atom is -0.508 e. The number of carbonyl (C=O) groups excluding carboxylic acids is 7. The lowest BCUT2D eigenvalue weighted by atomic mass is 9.86. The van der Waals surface area contributed by atoms with E-state index in [2.05, 4.69) is 25.6 Å². The van der Waals surface area contributed by atoms with Crippen molar-refractivity contribution in [2.45, 2.75) is 90.6 Å². The zero-order chi connectivity index (χ0) is 39.7. The molecule has 1 aromatic heterocycles. The van der Waals surface area contributed by atoms with Crippen molar-refractivity contribution in [1.29, 1.82) is 0 Å². The molecule has 290 valence electrons. The first-order chi connectivity index (χ1) is 25.0. The van der Waals surface area contributed by atoms with Crippen LogP contribution in [0.4, 0.5) is 0 Å². The molecular formula is C36H53N9O8. The van der Waals surface area contributed by atoms with E-state index in [1.165, 1.54) is 31.6 Å². The van der Waals surface area contributed by atoms with Gasteiger partial charge in [0.1, 0.15) is 11.5 Å². The van der Waals surface area contributed by atoms with Gasteiger partial charge in [-0.05, 0) is 49.8 Å². The Hall–Kier alpha value is -5.61. The maximum absolute atomic E-state index is 14.0. The number of aromatic hydroxyl groups is 1. The number of hydrogen-bond donors (Lipinski definition) is 8. The molecule has 4 amide bonds. The van der Waals surface area contributed by atoms with Gasteiger partial charge in [0.05, 0.1) is 30.7 Å². The van der Waals surface area contributed by atoms with Gasteiger partial charge in [0.25, 0.3) is 0 Å². The van der Waals surface area contributed by atoms with Crippen molar-refractivity contribution < 1.29 is 38.7 Å². The highest BCUT2D eigenvalue weighted by Crippen LogP contribution is 2.22. The summed E-state index contributed by atoms with van der Waals surface area (Å²) >= 11 is 0. The second-order valence-corrected chi connectivity index (χ2v) is 13.4. The number of Topliss-reactive ketones (excluding diaryl/α,β-unsaturated/α-hetero) is 3. The van der Waals surface area contributed by atoms with E-state index >= 15 is 0 Å². The van der Waals surface area contributed by atoms with Crippen LogP contribution < -0.4 is 33.6 Å². The molecule has 0 radical (unpaired) electrons. The molecule has 0 saturated carbocycles. The maximum atomic E-state index is 14.0. The summed E-state index contributed by atoms with van der Waals surface area (Å²) in [6.07, 6.45) is 2.68. The second kappa shape index (κ2) is 21.7. The van der Waals surface area contributed by atoms with Crippen LogP contribution in [0.5, 0.6) is 5.75 Å². The lowest BCUT2D eigenvalue weighted by Crippen LogP contribution is -2.50. The maximum Gasteiger partial charge on any atom is 0.224 e.